The van der Waals surface area contributed by atoms with Crippen molar-refractivity contribution in [3.05, 3.63) is 71.1 Å². The fraction of sp³-hybridized carbons (Fsp3) is 0.280. The van der Waals surface area contributed by atoms with Crippen LogP contribution in [0.25, 0.3) is 27.2 Å². The fourth-order valence-corrected chi connectivity index (χ4v) is 5.56. The number of nitrogens with zero attached hydrogens (tertiary/aromatic N) is 8. The van der Waals surface area contributed by atoms with Crippen LogP contribution in [0.4, 0.5) is 4.39 Å². The van der Waals surface area contributed by atoms with Gasteiger partial charge in [0, 0.05) is 12.0 Å². The second-order valence-electron chi connectivity index (χ2n) is 8.94. The zero-order valence-electron chi connectivity index (χ0n) is 20.0. The predicted octanol–water partition coefficient (Wildman–Crippen LogP) is 2.88. The Morgan fingerprint density at radius 3 is 2.92 bits per heavy atom. The molecule has 4 heterocycles. The summed E-state index contributed by atoms with van der Waals surface area (Å²) in [6.07, 6.45) is 0.676. The summed E-state index contributed by atoms with van der Waals surface area (Å²) in [5.41, 5.74) is 2.44. The van der Waals surface area contributed by atoms with Crippen LogP contribution in [0, 0.1) is 24.1 Å². The molecule has 3 aromatic heterocycles. The summed E-state index contributed by atoms with van der Waals surface area (Å²) in [7, 11) is 0. The number of aliphatic hydroxyl groups is 2. The molecule has 1 aliphatic heterocycles. The highest BCUT2D eigenvalue weighted by Crippen LogP contribution is 2.38. The van der Waals surface area contributed by atoms with Crippen molar-refractivity contribution in [2.75, 3.05) is 6.61 Å². The predicted molar refractivity (Wildman–Crippen MR) is 134 cm³/mol. The van der Waals surface area contributed by atoms with Gasteiger partial charge in [-0.1, -0.05) is 11.3 Å². The number of nitriles is 1. The Bertz CT molecular complexity index is 1670. The van der Waals surface area contributed by atoms with E-state index in [1.54, 1.807) is 34.4 Å². The van der Waals surface area contributed by atoms with Crippen molar-refractivity contribution in [3.8, 4) is 23.0 Å². The Labute approximate surface area is 219 Å². The van der Waals surface area contributed by atoms with Crippen molar-refractivity contribution >= 4 is 21.6 Å². The molecule has 5 aromatic rings. The molecule has 4 unspecified atom stereocenters. The van der Waals surface area contributed by atoms with Crippen molar-refractivity contribution in [2.24, 2.45) is 0 Å². The smallest absolute Gasteiger partial charge is 0.161 e. The van der Waals surface area contributed by atoms with Gasteiger partial charge in [0.15, 0.2) is 5.82 Å². The number of hydrogen-bond acceptors (Lipinski definition) is 10. The Morgan fingerprint density at radius 1 is 1.26 bits per heavy atom. The molecule has 2 N–H and O–H groups in total. The largest absolute Gasteiger partial charge is 0.394 e. The summed E-state index contributed by atoms with van der Waals surface area (Å²) >= 11 is 1.58. The Morgan fingerprint density at radius 2 is 2.13 bits per heavy atom. The van der Waals surface area contributed by atoms with Crippen molar-refractivity contribution in [1.82, 2.24) is 34.7 Å². The summed E-state index contributed by atoms with van der Waals surface area (Å²) in [5.74, 6) is -0.146. The van der Waals surface area contributed by atoms with Gasteiger partial charge in [0.05, 0.1) is 45.3 Å². The summed E-state index contributed by atoms with van der Waals surface area (Å²) in [6.45, 7) is 1.53. The summed E-state index contributed by atoms with van der Waals surface area (Å²) in [4.78, 5) is 8.94. The quantitative estimate of drug-likeness (QED) is 0.349. The molecule has 38 heavy (non-hydrogen) atoms. The molecule has 13 heteroatoms. The van der Waals surface area contributed by atoms with Gasteiger partial charge in [0.2, 0.25) is 0 Å². The van der Waals surface area contributed by atoms with Crippen molar-refractivity contribution in [3.63, 3.8) is 0 Å². The molecule has 192 valence electrons. The number of aliphatic hydroxyl groups excluding tert-OH is 2. The molecule has 0 bridgehead atoms. The lowest BCUT2D eigenvalue weighted by Crippen LogP contribution is -2.45. The minimum absolute atomic E-state index is 0.0663. The molecular weight excluding hydrogens is 511 g/mol. The van der Waals surface area contributed by atoms with Gasteiger partial charge in [-0.15, -0.1) is 16.4 Å². The van der Waals surface area contributed by atoms with E-state index >= 15 is 0 Å². The number of halogens is 1. The normalized spacial score (nSPS) is 21.6. The highest BCUT2D eigenvalue weighted by atomic mass is 32.1. The molecule has 1 fully saturated rings. The Kier molecular flexibility index (Phi) is 6.16. The summed E-state index contributed by atoms with van der Waals surface area (Å²) in [6, 6.07) is 11.2. The standard InChI is InChI=1S/C25H21FN8O3S/c1-13-30-18-5-4-16(7-23(18)38-13)34-25(28-12-29-34)21-8-20(24(36)22(11-35)37-21)33-10-19(31-32-33)14-2-3-15(9-27)17(26)6-14/h2-7,10,12,20-22,24,35-36H,8,11H2,1H3. The van der Waals surface area contributed by atoms with Crippen LogP contribution in [0.2, 0.25) is 0 Å². The molecule has 0 amide bonds. The lowest BCUT2D eigenvalue weighted by molar-refractivity contribution is -0.161. The van der Waals surface area contributed by atoms with Gasteiger partial charge in [-0.3, -0.25) is 0 Å². The van der Waals surface area contributed by atoms with Crippen LogP contribution >= 0.6 is 11.3 Å². The van der Waals surface area contributed by atoms with Crippen molar-refractivity contribution in [2.45, 2.75) is 37.7 Å². The lowest BCUT2D eigenvalue weighted by atomic mass is 9.95. The van der Waals surface area contributed by atoms with E-state index in [4.69, 9.17) is 10.00 Å². The molecule has 0 saturated carbocycles. The highest BCUT2D eigenvalue weighted by molar-refractivity contribution is 7.18. The van der Waals surface area contributed by atoms with Crippen LogP contribution in [-0.2, 0) is 4.74 Å². The van der Waals surface area contributed by atoms with Crippen molar-refractivity contribution in [1.29, 1.82) is 5.26 Å². The Hall–Kier alpha value is -4.09. The first kappa shape index (κ1) is 24.3. The second-order valence-corrected chi connectivity index (χ2v) is 10.2. The van der Waals surface area contributed by atoms with Crippen LogP contribution in [0.5, 0.6) is 0 Å². The molecule has 11 nitrogen and oxygen atoms in total. The molecular formula is C25H21FN8O3S. The highest BCUT2D eigenvalue weighted by Gasteiger charge is 2.41. The average Bonchev–Trinajstić information content (AvgIpc) is 3.67. The zero-order valence-corrected chi connectivity index (χ0v) is 20.8. The van der Waals surface area contributed by atoms with E-state index in [2.05, 4.69) is 25.4 Å². The number of benzene rings is 2. The molecule has 2 aromatic carbocycles. The maximum atomic E-state index is 14.2. The van der Waals surface area contributed by atoms with Crippen LogP contribution in [0.1, 0.15) is 35.0 Å². The van der Waals surface area contributed by atoms with Crippen LogP contribution in [0.15, 0.2) is 48.9 Å². The van der Waals surface area contributed by atoms with E-state index in [-0.39, 0.29) is 12.0 Å². The number of aryl methyl sites for hydroxylation is 1. The van der Waals surface area contributed by atoms with Gasteiger partial charge in [0.1, 0.15) is 42.2 Å². The number of thiazole rings is 1. The summed E-state index contributed by atoms with van der Waals surface area (Å²) < 4.78 is 24.4. The first-order valence-corrected chi connectivity index (χ1v) is 12.6. The lowest BCUT2D eigenvalue weighted by Gasteiger charge is -2.38. The Balaban J connectivity index is 1.32. The molecule has 4 atom stereocenters. The SMILES string of the molecule is Cc1nc2ccc(-n3ncnc3C3CC(n4cc(-c5ccc(C#N)c(F)c5)nn4)C(O)C(CO)O3)cc2s1. The first-order chi connectivity index (χ1) is 18.4. The van der Waals surface area contributed by atoms with Gasteiger partial charge < -0.3 is 14.9 Å². The fourth-order valence-electron chi connectivity index (χ4n) is 4.70. The number of aromatic nitrogens is 7. The molecule has 0 spiro atoms. The maximum Gasteiger partial charge on any atom is 0.161 e. The van der Waals surface area contributed by atoms with E-state index in [1.165, 1.54) is 23.1 Å². The number of rotatable bonds is 5. The van der Waals surface area contributed by atoms with Crippen molar-refractivity contribution < 1.29 is 19.3 Å². The number of fused-ring (bicyclic) bond motifs is 1. The third-order valence-electron chi connectivity index (χ3n) is 6.57. The van der Waals surface area contributed by atoms with E-state index in [9.17, 15) is 14.6 Å². The molecule has 1 saturated heterocycles. The number of ether oxygens (including phenoxy) is 1. The zero-order chi connectivity index (χ0) is 26.4. The number of hydrogen-bond donors (Lipinski definition) is 2. The minimum atomic E-state index is -1.09. The molecule has 0 radical (unpaired) electrons. The average molecular weight is 533 g/mol. The van der Waals surface area contributed by atoms with Gasteiger partial charge in [-0.05, 0) is 37.3 Å². The summed E-state index contributed by atoms with van der Waals surface area (Å²) in [5, 5.41) is 43.6. The minimum Gasteiger partial charge on any atom is -0.394 e. The molecule has 1 aliphatic rings. The molecule has 6 rings (SSSR count). The van der Waals surface area contributed by atoms with Gasteiger partial charge in [-0.2, -0.15) is 10.4 Å². The van der Waals surface area contributed by atoms with E-state index < -0.39 is 36.8 Å². The van der Waals surface area contributed by atoms with Gasteiger partial charge >= 0.3 is 0 Å². The van der Waals surface area contributed by atoms with E-state index in [1.807, 2.05) is 25.1 Å². The van der Waals surface area contributed by atoms with Crippen LogP contribution in [0.3, 0.4) is 0 Å². The second kappa shape index (κ2) is 9.66. The monoisotopic (exact) mass is 532 g/mol. The van der Waals surface area contributed by atoms with Gasteiger partial charge in [0.25, 0.3) is 0 Å². The van der Waals surface area contributed by atoms with Gasteiger partial charge in [-0.25, -0.2) is 23.7 Å². The molecule has 0 aliphatic carbocycles. The van der Waals surface area contributed by atoms with Crippen LogP contribution in [-0.4, -0.2) is 63.8 Å². The first-order valence-electron chi connectivity index (χ1n) is 11.8. The third-order valence-corrected chi connectivity index (χ3v) is 7.50. The van der Waals surface area contributed by atoms with E-state index in [0.29, 0.717) is 17.1 Å². The maximum absolute atomic E-state index is 14.2. The third kappa shape index (κ3) is 4.23. The van der Waals surface area contributed by atoms with E-state index in [0.717, 1.165) is 20.9 Å². The van der Waals surface area contributed by atoms with Crippen LogP contribution < -0.4 is 0 Å². The topological polar surface area (TPSA) is 148 Å².